The van der Waals surface area contributed by atoms with Crippen LogP contribution >= 0.6 is 0 Å². The van der Waals surface area contributed by atoms with E-state index in [1.807, 2.05) is 12.1 Å². The van der Waals surface area contributed by atoms with Crippen molar-refractivity contribution in [2.75, 3.05) is 26.3 Å². The van der Waals surface area contributed by atoms with Gasteiger partial charge in [-0.25, -0.2) is 0 Å². The topological polar surface area (TPSA) is 66.1 Å². The third-order valence-electron chi connectivity index (χ3n) is 4.64. The minimum atomic E-state index is -0.888. The van der Waals surface area contributed by atoms with Crippen molar-refractivity contribution in [2.24, 2.45) is 0 Å². The molecular formula is C16H25NO4. The van der Waals surface area contributed by atoms with Crippen LogP contribution in [0.4, 0.5) is 0 Å². The Morgan fingerprint density at radius 1 is 1.24 bits per heavy atom. The highest BCUT2D eigenvalue weighted by atomic mass is 16.5. The minimum Gasteiger partial charge on any atom is -0.462 e. The number of aliphatic hydroxyl groups excluding tert-OH is 1. The van der Waals surface area contributed by atoms with Gasteiger partial charge < -0.3 is 19.4 Å². The molecule has 0 bridgehead atoms. The molecular weight excluding hydrogens is 270 g/mol. The van der Waals surface area contributed by atoms with Crippen molar-refractivity contribution < 1.29 is 19.4 Å². The summed E-state index contributed by atoms with van der Waals surface area (Å²) >= 11 is 0. The highest BCUT2D eigenvalue weighted by Gasteiger charge is 2.31. The molecule has 0 spiro atoms. The van der Waals surface area contributed by atoms with Gasteiger partial charge in [-0.15, -0.1) is 0 Å². The van der Waals surface area contributed by atoms with Gasteiger partial charge in [0.1, 0.15) is 17.6 Å². The molecule has 118 valence electrons. The number of aliphatic hydroxyl groups is 2. The predicted molar refractivity (Wildman–Crippen MR) is 77.8 cm³/mol. The van der Waals surface area contributed by atoms with E-state index >= 15 is 0 Å². The molecule has 1 unspecified atom stereocenters. The lowest BCUT2D eigenvalue weighted by Gasteiger charge is -2.36. The fourth-order valence-electron chi connectivity index (χ4n) is 3.12. The van der Waals surface area contributed by atoms with Gasteiger partial charge in [0, 0.05) is 19.7 Å². The molecule has 2 saturated heterocycles. The first-order chi connectivity index (χ1) is 10.2. The number of hydrogen-bond donors (Lipinski definition) is 2. The van der Waals surface area contributed by atoms with Gasteiger partial charge in [0.25, 0.3) is 0 Å². The van der Waals surface area contributed by atoms with E-state index in [0.717, 1.165) is 50.6 Å². The van der Waals surface area contributed by atoms with Crippen LogP contribution < -0.4 is 0 Å². The number of ether oxygens (including phenoxy) is 1. The highest BCUT2D eigenvalue weighted by molar-refractivity contribution is 5.10. The van der Waals surface area contributed by atoms with E-state index in [-0.39, 0.29) is 12.7 Å². The average molecular weight is 295 g/mol. The van der Waals surface area contributed by atoms with E-state index in [1.165, 1.54) is 6.42 Å². The SMILES string of the molecule is OCC1(O)CCN(Cc2ccc(C3CCCCO3)o2)CC1. The molecule has 2 fully saturated rings. The lowest BCUT2D eigenvalue weighted by molar-refractivity contribution is -0.0616. The second kappa shape index (κ2) is 6.48. The Morgan fingerprint density at radius 3 is 2.71 bits per heavy atom. The molecule has 2 aliphatic rings. The molecule has 0 aromatic carbocycles. The van der Waals surface area contributed by atoms with Gasteiger partial charge in [0.05, 0.1) is 18.8 Å². The summed E-state index contributed by atoms with van der Waals surface area (Å²) in [5, 5.41) is 19.2. The van der Waals surface area contributed by atoms with Crippen LogP contribution in [0, 0.1) is 0 Å². The van der Waals surface area contributed by atoms with Crippen LogP contribution in [0.15, 0.2) is 16.5 Å². The Morgan fingerprint density at radius 2 is 2.05 bits per heavy atom. The molecule has 0 amide bonds. The van der Waals surface area contributed by atoms with Crippen molar-refractivity contribution in [2.45, 2.75) is 50.4 Å². The molecule has 5 nitrogen and oxygen atoms in total. The van der Waals surface area contributed by atoms with Gasteiger partial charge in [0.15, 0.2) is 0 Å². The smallest absolute Gasteiger partial charge is 0.133 e. The summed E-state index contributed by atoms with van der Waals surface area (Å²) in [6, 6.07) is 4.06. The molecule has 2 aliphatic heterocycles. The summed E-state index contributed by atoms with van der Waals surface area (Å²) in [5.74, 6) is 1.89. The lowest BCUT2D eigenvalue weighted by Crippen LogP contribution is -2.46. The zero-order chi connectivity index (χ0) is 14.7. The zero-order valence-corrected chi connectivity index (χ0v) is 12.5. The fourth-order valence-corrected chi connectivity index (χ4v) is 3.12. The number of furan rings is 1. The van der Waals surface area contributed by atoms with Crippen LogP contribution in [-0.4, -0.2) is 47.0 Å². The second-order valence-electron chi connectivity index (χ2n) is 6.32. The predicted octanol–water partition coefficient (Wildman–Crippen LogP) is 1.84. The molecule has 3 rings (SSSR count). The maximum atomic E-state index is 10.0. The molecule has 0 radical (unpaired) electrons. The van der Waals surface area contributed by atoms with Crippen LogP contribution in [0.3, 0.4) is 0 Å². The van der Waals surface area contributed by atoms with Crippen molar-refractivity contribution in [3.63, 3.8) is 0 Å². The standard InChI is InChI=1S/C16H25NO4/c18-12-16(19)6-8-17(9-7-16)11-13-4-5-15(21-13)14-3-1-2-10-20-14/h4-5,14,18-19H,1-3,6-12H2. The first-order valence-electron chi connectivity index (χ1n) is 7.94. The monoisotopic (exact) mass is 295 g/mol. The third-order valence-corrected chi connectivity index (χ3v) is 4.64. The van der Waals surface area contributed by atoms with Gasteiger partial charge in [0.2, 0.25) is 0 Å². The molecule has 21 heavy (non-hydrogen) atoms. The number of hydrogen-bond acceptors (Lipinski definition) is 5. The van der Waals surface area contributed by atoms with E-state index < -0.39 is 5.60 Å². The van der Waals surface area contributed by atoms with Crippen molar-refractivity contribution in [1.82, 2.24) is 4.90 Å². The number of nitrogens with zero attached hydrogens (tertiary/aromatic N) is 1. The summed E-state index contributed by atoms with van der Waals surface area (Å²) in [5.41, 5.74) is -0.888. The van der Waals surface area contributed by atoms with E-state index in [2.05, 4.69) is 4.90 Å². The molecule has 2 N–H and O–H groups in total. The highest BCUT2D eigenvalue weighted by Crippen LogP contribution is 2.30. The first-order valence-corrected chi connectivity index (χ1v) is 7.94. The van der Waals surface area contributed by atoms with Crippen molar-refractivity contribution in [3.8, 4) is 0 Å². The molecule has 1 aromatic rings. The van der Waals surface area contributed by atoms with Gasteiger partial charge in [-0.2, -0.15) is 0 Å². The molecule has 0 saturated carbocycles. The Labute approximate surface area is 125 Å². The van der Waals surface area contributed by atoms with Crippen LogP contribution in [0.25, 0.3) is 0 Å². The molecule has 1 atom stereocenters. The second-order valence-corrected chi connectivity index (χ2v) is 6.32. The van der Waals surface area contributed by atoms with E-state index in [4.69, 9.17) is 9.15 Å². The maximum absolute atomic E-state index is 10.0. The molecule has 5 heteroatoms. The third kappa shape index (κ3) is 3.66. The van der Waals surface area contributed by atoms with Crippen LogP contribution in [0.5, 0.6) is 0 Å². The number of rotatable bonds is 4. The number of piperidine rings is 1. The van der Waals surface area contributed by atoms with Crippen molar-refractivity contribution >= 4 is 0 Å². The van der Waals surface area contributed by atoms with E-state index in [0.29, 0.717) is 12.8 Å². The first kappa shape index (κ1) is 15.0. The number of likely N-dealkylation sites (tertiary alicyclic amines) is 1. The van der Waals surface area contributed by atoms with E-state index in [9.17, 15) is 10.2 Å². The lowest BCUT2D eigenvalue weighted by atomic mass is 9.92. The summed E-state index contributed by atoms with van der Waals surface area (Å²) < 4.78 is 11.7. The Balaban J connectivity index is 1.53. The van der Waals surface area contributed by atoms with Crippen LogP contribution in [0.2, 0.25) is 0 Å². The summed E-state index contributed by atoms with van der Waals surface area (Å²) in [6.45, 7) is 3.01. The Bertz CT molecular complexity index is 445. The Hall–Kier alpha value is -0.880. The summed E-state index contributed by atoms with van der Waals surface area (Å²) in [7, 11) is 0. The van der Waals surface area contributed by atoms with E-state index in [1.54, 1.807) is 0 Å². The minimum absolute atomic E-state index is 0.119. The maximum Gasteiger partial charge on any atom is 0.133 e. The van der Waals surface area contributed by atoms with Crippen molar-refractivity contribution in [3.05, 3.63) is 23.7 Å². The van der Waals surface area contributed by atoms with Gasteiger partial charge >= 0.3 is 0 Å². The fraction of sp³-hybridized carbons (Fsp3) is 0.750. The van der Waals surface area contributed by atoms with Gasteiger partial charge in [-0.3, -0.25) is 4.90 Å². The molecule has 3 heterocycles. The van der Waals surface area contributed by atoms with Crippen LogP contribution in [0.1, 0.15) is 49.7 Å². The summed E-state index contributed by atoms with van der Waals surface area (Å²) in [6.07, 6.45) is 4.73. The normalized spacial score (nSPS) is 26.9. The quantitative estimate of drug-likeness (QED) is 0.887. The largest absolute Gasteiger partial charge is 0.462 e. The average Bonchev–Trinajstić information content (AvgIpc) is 2.99. The summed E-state index contributed by atoms with van der Waals surface area (Å²) in [4.78, 5) is 2.26. The molecule has 1 aromatic heterocycles. The zero-order valence-electron chi connectivity index (χ0n) is 12.5. The Kier molecular flexibility index (Phi) is 4.64. The van der Waals surface area contributed by atoms with Gasteiger partial charge in [-0.05, 0) is 44.2 Å². The molecule has 0 aliphatic carbocycles. The van der Waals surface area contributed by atoms with Gasteiger partial charge in [-0.1, -0.05) is 0 Å². The van der Waals surface area contributed by atoms with Crippen LogP contribution in [-0.2, 0) is 11.3 Å². The van der Waals surface area contributed by atoms with Crippen molar-refractivity contribution in [1.29, 1.82) is 0 Å².